The Labute approximate surface area is 159 Å². The van der Waals surface area contributed by atoms with Crippen molar-refractivity contribution in [1.82, 2.24) is 15.5 Å². The van der Waals surface area contributed by atoms with Crippen molar-refractivity contribution in [2.75, 3.05) is 26.7 Å². The van der Waals surface area contributed by atoms with Crippen LogP contribution < -0.4 is 10.6 Å². The Morgan fingerprint density at radius 1 is 1.19 bits per heavy atom. The maximum absolute atomic E-state index is 4.39. The second-order valence-corrected chi connectivity index (χ2v) is 8.52. The predicted octanol–water partition coefficient (Wildman–Crippen LogP) is 3.69. The van der Waals surface area contributed by atoms with E-state index in [1.807, 2.05) is 7.05 Å². The molecule has 0 unspecified atom stereocenters. The minimum atomic E-state index is 0.197. The van der Waals surface area contributed by atoms with Gasteiger partial charge in [0.05, 0.1) is 0 Å². The molecule has 4 nitrogen and oxygen atoms in total. The van der Waals surface area contributed by atoms with Gasteiger partial charge in [0, 0.05) is 39.3 Å². The van der Waals surface area contributed by atoms with Crippen LogP contribution in [0.1, 0.15) is 51.7 Å². The number of likely N-dealkylation sites (tertiary alicyclic amines) is 1. The Balaban J connectivity index is 1.79. The Bertz CT molecular complexity index is 602. The van der Waals surface area contributed by atoms with E-state index in [0.29, 0.717) is 6.04 Å². The van der Waals surface area contributed by atoms with E-state index in [9.17, 15) is 0 Å². The van der Waals surface area contributed by atoms with Gasteiger partial charge in [-0.15, -0.1) is 0 Å². The zero-order valence-electron chi connectivity index (χ0n) is 17.2. The van der Waals surface area contributed by atoms with Crippen molar-refractivity contribution in [2.45, 2.75) is 58.5 Å². The Morgan fingerprint density at radius 2 is 1.81 bits per heavy atom. The fraction of sp³-hybridized carbons (Fsp3) is 0.591. The van der Waals surface area contributed by atoms with Gasteiger partial charge >= 0.3 is 0 Å². The molecule has 1 aromatic rings. The van der Waals surface area contributed by atoms with Crippen molar-refractivity contribution < 1.29 is 0 Å². The van der Waals surface area contributed by atoms with E-state index in [4.69, 9.17) is 0 Å². The smallest absolute Gasteiger partial charge is 0.191 e. The van der Waals surface area contributed by atoms with E-state index in [1.165, 1.54) is 16.7 Å². The molecule has 1 fully saturated rings. The first-order chi connectivity index (χ1) is 12.3. The van der Waals surface area contributed by atoms with Crippen molar-refractivity contribution in [1.29, 1.82) is 0 Å². The highest BCUT2D eigenvalue weighted by molar-refractivity contribution is 5.79. The molecule has 4 heteroatoms. The fourth-order valence-corrected chi connectivity index (χ4v) is 3.31. The van der Waals surface area contributed by atoms with Crippen LogP contribution in [0.3, 0.4) is 0 Å². The number of hydrogen-bond donors (Lipinski definition) is 2. The number of nitrogens with one attached hydrogen (secondary N) is 2. The summed E-state index contributed by atoms with van der Waals surface area (Å²) < 4.78 is 0. The molecule has 0 spiro atoms. The zero-order valence-corrected chi connectivity index (χ0v) is 17.2. The summed E-state index contributed by atoms with van der Waals surface area (Å²) in [6.07, 6.45) is 2.29. The number of rotatable bonds is 5. The molecule has 2 N–H and O–H groups in total. The molecule has 144 valence electrons. The van der Waals surface area contributed by atoms with Gasteiger partial charge in [-0.2, -0.15) is 0 Å². The van der Waals surface area contributed by atoms with Crippen LogP contribution in [0.5, 0.6) is 0 Å². The summed E-state index contributed by atoms with van der Waals surface area (Å²) >= 11 is 0. The summed E-state index contributed by atoms with van der Waals surface area (Å²) in [6, 6.07) is 9.36. The van der Waals surface area contributed by atoms with Crippen molar-refractivity contribution in [3.05, 3.63) is 47.5 Å². The van der Waals surface area contributed by atoms with Crippen molar-refractivity contribution in [3.63, 3.8) is 0 Å². The Kier molecular flexibility index (Phi) is 7.27. The maximum Gasteiger partial charge on any atom is 0.191 e. The molecule has 26 heavy (non-hydrogen) atoms. The number of nitrogens with zero attached hydrogens (tertiary/aromatic N) is 2. The van der Waals surface area contributed by atoms with Crippen LogP contribution in [0.4, 0.5) is 0 Å². The normalized spacial score (nSPS) is 17.2. The number of aliphatic imine (C=N–C) groups is 1. The molecule has 0 radical (unpaired) electrons. The van der Waals surface area contributed by atoms with Crippen LogP contribution in [0.15, 0.2) is 41.4 Å². The molecule has 0 bridgehead atoms. The largest absolute Gasteiger partial charge is 0.354 e. The third-order valence-corrected chi connectivity index (χ3v) is 4.93. The molecule has 0 aliphatic carbocycles. The highest BCUT2D eigenvalue weighted by Crippen LogP contribution is 2.22. The van der Waals surface area contributed by atoms with Gasteiger partial charge in [-0.1, -0.05) is 57.2 Å². The maximum atomic E-state index is 4.39. The minimum Gasteiger partial charge on any atom is -0.354 e. The first-order valence-electron chi connectivity index (χ1n) is 9.71. The molecule has 0 aromatic heterocycles. The lowest BCUT2D eigenvalue weighted by molar-refractivity contribution is 0.221. The van der Waals surface area contributed by atoms with Crippen LogP contribution >= 0.6 is 0 Å². The SMILES string of the molecule is C=C(C)CN1CCC(NC(=NC)NCc2ccc(C(C)(C)C)cc2)CC1. The van der Waals surface area contributed by atoms with Crippen molar-refractivity contribution >= 4 is 5.96 Å². The third-order valence-electron chi connectivity index (χ3n) is 4.93. The lowest BCUT2D eigenvalue weighted by Crippen LogP contribution is -2.48. The molecule has 1 aliphatic rings. The van der Waals surface area contributed by atoms with Gasteiger partial charge in [-0.25, -0.2) is 0 Å². The average Bonchev–Trinajstić information content (AvgIpc) is 2.59. The van der Waals surface area contributed by atoms with Gasteiger partial charge in [-0.3, -0.25) is 9.89 Å². The summed E-state index contributed by atoms with van der Waals surface area (Å²) in [5, 5.41) is 7.02. The van der Waals surface area contributed by atoms with Gasteiger partial charge in [0.15, 0.2) is 5.96 Å². The molecular weight excluding hydrogens is 320 g/mol. The van der Waals surface area contributed by atoms with E-state index in [1.54, 1.807) is 0 Å². The molecule has 1 aliphatic heterocycles. The third kappa shape index (κ3) is 6.49. The number of hydrogen-bond acceptors (Lipinski definition) is 2. The van der Waals surface area contributed by atoms with Crippen LogP contribution in [-0.2, 0) is 12.0 Å². The van der Waals surface area contributed by atoms with E-state index in [2.05, 4.69) is 79.1 Å². The quantitative estimate of drug-likeness (QED) is 0.480. The Hall–Kier alpha value is -1.81. The zero-order chi connectivity index (χ0) is 19.2. The summed E-state index contributed by atoms with van der Waals surface area (Å²) in [5.74, 6) is 0.892. The topological polar surface area (TPSA) is 39.7 Å². The minimum absolute atomic E-state index is 0.197. The lowest BCUT2D eigenvalue weighted by atomic mass is 9.87. The number of piperidine rings is 1. The summed E-state index contributed by atoms with van der Waals surface area (Å²) in [5.41, 5.74) is 4.08. The highest BCUT2D eigenvalue weighted by atomic mass is 15.2. The second kappa shape index (κ2) is 9.22. The predicted molar refractivity (Wildman–Crippen MR) is 113 cm³/mol. The van der Waals surface area contributed by atoms with E-state index in [-0.39, 0.29) is 5.41 Å². The first-order valence-corrected chi connectivity index (χ1v) is 9.71. The molecule has 2 rings (SSSR count). The van der Waals surface area contributed by atoms with E-state index < -0.39 is 0 Å². The van der Waals surface area contributed by atoms with Crippen LogP contribution in [0.25, 0.3) is 0 Å². The summed E-state index contributed by atoms with van der Waals surface area (Å²) in [4.78, 5) is 6.87. The molecule has 1 saturated heterocycles. The highest BCUT2D eigenvalue weighted by Gasteiger charge is 2.19. The van der Waals surface area contributed by atoms with Gasteiger partial charge in [0.25, 0.3) is 0 Å². The monoisotopic (exact) mass is 356 g/mol. The van der Waals surface area contributed by atoms with E-state index in [0.717, 1.165) is 45.0 Å². The molecule has 0 saturated carbocycles. The standard InChI is InChI=1S/C22H36N4/c1-17(2)16-26-13-11-20(12-14-26)25-21(23-6)24-15-18-7-9-19(10-8-18)22(3,4)5/h7-10,20H,1,11-16H2,2-6H3,(H2,23,24,25). The summed E-state index contributed by atoms with van der Waals surface area (Å²) in [6.45, 7) is 16.9. The lowest BCUT2D eigenvalue weighted by Gasteiger charge is -2.33. The van der Waals surface area contributed by atoms with Crippen LogP contribution in [-0.4, -0.2) is 43.6 Å². The average molecular weight is 357 g/mol. The van der Waals surface area contributed by atoms with Gasteiger partial charge in [0.2, 0.25) is 0 Å². The Morgan fingerprint density at radius 3 is 2.31 bits per heavy atom. The van der Waals surface area contributed by atoms with Gasteiger partial charge in [-0.05, 0) is 36.3 Å². The van der Waals surface area contributed by atoms with Crippen molar-refractivity contribution in [3.8, 4) is 0 Å². The fourth-order valence-electron chi connectivity index (χ4n) is 3.31. The molecule has 1 heterocycles. The first kappa shape index (κ1) is 20.5. The number of benzene rings is 1. The van der Waals surface area contributed by atoms with Crippen LogP contribution in [0, 0.1) is 0 Å². The van der Waals surface area contributed by atoms with Gasteiger partial charge in [0.1, 0.15) is 0 Å². The molecule has 0 amide bonds. The van der Waals surface area contributed by atoms with Crippen molar-refractivity contribution in [2.24, 2.45) is 4.99 Å². The number of guanidine groups is 1. The molecule has 0 atom stereocenters. The molecule has 1 aromatic carbocycles. The van der Waals surface area contributed by atoms with Gasteiger partial charge < -0.3 is 10.6 Å². The van der Waals surface area contributed by atoms with E-state index >= 15 is 0 Å². The van der Waals surface area contributed by atoms with Crippen LogP contribution in [0.2, 0.25) is 0 Å². The second-order valence-electron chi connectivity index (χ2n) is 8.52. The summed E-state index contributed by atoms with van der Waals surface area (Å²) in [7, 11) is 1.84. The molecular formula is C22H36N4.